The van der Waals surface area contributed by atoms with E-state index < -0.39 is 0 Å². The van der Waals surface area contributed by atoms with Crippen LogP contribution in [0.3, 0.4) is 0 Å². The van der Waals surface area contributed by atoms with Crippen molar-refractivity contribution in [2.24, 2.45) is 4.99 Å². The minimum atomic E-state index is 0.660. The number of ether oxygens (including phenoxy) is 1. The zero-order valence-corrected chi connectivity index (χ0v) is 11.0. The van der Waals surface area contributed by atoms with Crippen LogP contribution in [0.5, 0.6) is 5.75 Å². The normalized spacial score (nSPS) is 10.9. The van der Waals surface area contributed by atoms with Gasteiger partial charge in [-0.1, -0.05) is 17.7 Å². The Labute approximate surface area is 110 Å². The first kappa shape index (κ1) is 12.1. The molecule has 0 amide bonds. The Morgan fingerprint density at radius 1 is 1.35 bits per heavy atom. The van der Waals surface area contributed by atoms with Crippen molar-refractivity contribution in [3.8, 4) is 5.75 Å². The van der Waals surface area contributed by atoms with Crippen LogP contribution >= 0.6 is 22.9 Å². The molecular weight excluding hydrogens is 254 g/mol. The molecule has 0 N–H and O–H groups in total. The topological polar surface area (TPSA) is 21.6 Å². The molecule has 0 saturated carbocycles. The summed E-state index contributed by atoms with van der Waals surface area (Å²) in [6.45, 7) is 2.62. The van der Waals surface area contributed by atoms with Gasteiger partial charge in [-0.3, -0.25) is 4.99 Å². The summed E-state index contributed by atoms with van der Waals surface area (Å²) in [4.78, 5) is 5.42. The second-order valence-electron chi connectivity index (χ2n) is 3.33. The summed E-state index contributed by atoms with van der Waals surface area (Å²) in [5.41, 5.74) is 0.875. The molecule has 0 saturated heterocycles. The maximum atomic E-state index is 5.85. The van der Waals surface area contributed by atoms with Crippen molar-refractivity contribution < 1.29 is 4.74 Å². The molecule has 2 nitrogen and oxygen atoms in total. The molecule has 0 aliphatic carbocycles. The molecule has 0 radical (unpaired) electrons. The van der Waals surface area contributed by atoms with Crippen LogP contribution in [0.1, 0.15) is 11.8 Å². The molecule has 17 heavy (non-hydrogen) atoms. The van der Waals surface area contributed by atoms with E-state index in [1.807, 2.05) is 49.5 Å². The van der Waals surface area contributed by atoms with E-state index in [4.69, 9.17) is 16.3 Å². The molecule has 4 heteroatoms. The number of hydrogen-bond donors (Lipinski definition) is 0. The van der Waals surface area contributed by atoms with Gasteiger partial charge in [0.25, 0.3) is 0 Å². The first-order valence-electron chi connectivity index (χ1n) is 5.30. The largest absolute Gasteiger partial charge is 0.494 e. The summed E-state index contributed by atoms with van der Waals surface area (Å²) in [5.74, 6) is 0.839. The molecule has 0 fully saturated rings. The molecule has 0 atom stereocenters. The zero-order valence-electron chi connectivity index (χ0n) is 9.39. The highest BCUT2D eigenvalue weighted by Gasteiger charge is 1.96. The Kier molecular flexibility index (Phi) is 4.18. The summed E-state index contributed by atoms with van der Waals surface area (Å²) >= 11 is 7.35. The lowest BCUT2D eigenvalue weighted by Gasteiger charge is -2.02. The number of aliphatic imine (C=N–C) groups is 1. The zero-order chi connectivity index (χ0) is 12.1. The molecule has 0 aliphatic heterocycles. The van der Waals surface area contributed by atoms with Gasteiger partial charge in [0.2, 0.25) is 0 Å². The van der Waals surface area contributed by atoms with Gasteiger partial charge in [-0.25, -0.2) is 0 Å². The first-order valence-corrected chi connectivity index (χ1v) is 6.49. The van der Waals surface area contributed by atoms with Crippen LogP contribution in [-0.2, 0) is 0 Å². The fourth-order valence-electron chi connectivity index (χ4n) is 1.36. The molecule has 2 rings (SSSR count). The second kappa shape index (κ2) is 5.84. The minimum Gasteiger partial charge on any atom is -0.494 e. The molecule has 0 aliphatic rings. The Morgan fingerprint density at radius 2 is 2.24 bits per heavy atom. The lowest BCUT2D eigenvalue weighted by molar-refractivity contribution is 0.340. The van der Waals surface area contributed by atoms with Crippen molar-refractivity contribution in [1.29, 1.82) is 0 Å². The quantitative estimate of drug-likeness (QED) is 0.743. The smallest absolute Gasteiger partial charge is 0.121 e. The third kappa shape index (κ3) is 3.58. The van der Waals surface area contributed by atoms with Gasteiger partial charge >= 0.3 is 0 Å². The molecule has 1 heterocycles. The van der Waals surface area contributed by atoms with E-state index >= 15 is 0 Å². The van der Waals surface area contributed by atoms with Crippen molar-refractivity contribution in [1.82, 2.24) is 0 Å². The van der Waals surface area contributed by atoms with Crippen molar-refractivity contribution in [3.05, 3.63) is 45.6 Å². The van der Waals surface area contributed by atoms with Crippen LogP contribution in [-0.4, -0.2) is 12.8 Å². The summed E-state index contributed by atoms with van der Waals surface area (Å²) in [5, 5.41) is 0. The Hall–Kier alpha value is -1.32. The minimum absolute atomic E-state index is 0.660. The Bertz CT molecular complexity index is 522. The van der Waals surface area contributed by atoms with Gasteiger partial charge in [0, 0.05) is 17.2 Å². The van der Waals surface area contributed by atoms with Gasteiger partial charge in [-0.05, 0) is 31.2 Å². The maximum Gasteiger partial charge on any atom is 0.121 e. The number of benzene rings is 1. The predicted molar refractivity (Wildman–Crippen MR) is 74.2 cm³/mol. The van der Waals surface area contributed by atoms with Gasteiger partial charge in [0.05, 0.1) is 16.6 Å². The van der Waals surface area contributed by atoms with Gasteiger partial charge in [-0.15, -0.1) is 11.3 Å². The van der Waals surface area contributed by atoms with E-state index in [0.29, 0.717) is 6.61 Å². The van der Waals surface area contributed by atoms with Crippen LogP contribution < -0.4 is 4.74 Å². The molecular formula is C13H12ClNOS. The Balaban J connectivity index is 2.12. The Morgan fingerprint density at radius 3 is 2.94 bits per heavy atom. The lowest BCUT2D eigenvalue weighted by atomic mass is 10.3. The second-order valence-corrected chi connectivity index (χ2v) is 5.08. The van der Waals surface area contributed by atoms with Gasteiger partial charge in [-0.2, -0.15) is 0 Å². The summed E-state index contributed by atoms with van der Waals surface area (Å²) < 4.78 is 6.18. The SMILES string of the molecule is CCOc1cccc(N=Cc2ccc(Cl)s2)c1. The van der Waals surface area contributed by atoms with Gasteiger partial charge in [0.1, 0.15) is 5.75 Å². The maximum absolute atomic E-state index is 5.85. The molecule has 2 aromatic rings. The predicted octanol–water partition coefficient (Wildman–Crippen LogP) is 4.55. The fraction of sp³-hybridized carbons (Fsp3) is 0.154. The average Bonchev–Trinajstić information content (AvgIpc) is 2.74. The number of thiophene rings is 1. The summed E-state index contributed by atoms with van der Waals surface area (Å²) in [7, 11) is 0. The first-order chi connectivity index (χ1) is 8.28. The van der Waals surface area contributed by atoms with E-state index in [1.54, 1.807) is 0 Å². The van der Waals surface area contributed by atoms with Crippen molar-refractivity contribution in [2.45, 2.75) is 6.92 Å². The summed E-state index contributed by atoms with van der Waals surface area (Å²) in [6, 6.07) is 11.5. The number of halogens is 1. The third-order valence-corrected chi connectivity index (χ3v) is 3.23. The monoisotopic (exact) mass is 265 g/mol. The number of hydrogen-bond acceptors (Lipinski definition) is 3. The lowest BCUT2D eigenvalue weighted by Crippen LogP contribution is -1.89. The number of rotatable bonds is 4. The molecule has 1 aromatic carbocycles. The fourth-order valence-corrected chi connectivity index (χ4v) is 2.29. The van der Waals surface area contributed by atoms with E-state index in [9.17, 15) is 0 Å². The van der Waals surface area contributed by atoms with Gasteiger partial charge < -0.3 is 4.74 Å². The van der Waals surface area contributed by atoms with Crippen LogP contribution in [0.25, 0.3) is 0 Å². The van der Waals surface area contributed by atoms with Crippen molar-refractivity contribution in [2.75, 3.05) is 6.61 Å². The van der Waals surface area contributed by atoms with E-state index in [2.05, 4.69) is 4.99 Å². The average molecular weight is 266 g/mol. The summed E-state index contributed by atoms with van der Waals surface area (Å²) in [6.07, 6.45) is 1.81. The number of nitrogens with zero attached hydrogens (tertiary/aromatic N) is 1. The molecule has 0 spiro atoms. The van der Waals surface area contributed by atoms with Crippen molar-refractivity contribution in [3.63, 3.8) is 0 Å². The van der Waals surface area contributed by atoms with E-state index in [0.717, 1.165) is 20.7 Å². The molecule has 0 unspecified atom stereocenters. The standard InChI is InChI=1S/C13H12ClNOS/c1-2-16-11-5-3-4-10(8-11)15-9-12-6-7-13(14)17-12/h3-9H,2H2,1H3. The van der Waals surface area contributed by atoms with Gasteiger partial charge in [0.15, 0.2) is 0 Å². The van der Waals surface area contributed by atoms with Crippen LogP contribution in [0.15, 0.2) is 41.4 Å². The van der Waals surface area contributed by atoms with Crippen molar-refractivity contribution >= 4 is 34.8 Å². The molecule has 88 valence electrons. The molecule has 1 aromatic heterocycles. The van der Waals surface area contributed by atoms with E-state index in [-0.39, 0.29) is 0 Å². The third-order valence-electron chi connectivity index (χ3n) is 2.06. The highest BCUT2D eigenvalue weighted by Crippen LogP contribution is 2.22. The molecule has 0 bridgehead atoms. The van der Waals surface area contributed by atoms with Crippen LogP contribution in [0.2, 0.25) is 4.34 Å². The highest BCUT2D eigenvalue weighted by atomic mass is 35.5. The van der Waals surface area contributed by atoms with E-state index in [1.165, 1.54) is 11.3 Å². The van der Waals surface area contributed by atoms with Crippen LogP contribution in [0, 0.1) is 0 Å². The van der Waals surface area contributed by atoms with Crippen LogP contribution in [0.4, 0.5) is 5.69 Å². The highest BCUT2D eigenvalue weighted by molar-refractivity contribution is 7.17.